The Morgan fingerprint density at radius 2 is 1.62 bits per heavy atom. The average molecular weight is 212 g/mol. The Hall–Kier alpha value is -1.83. The number of aryl methyl sites for hydroxylation is 3. The standard InChI is InChI=1S/C14H16N2/c1-9-4-5-13(16-8-9)12-6-10(2)14(15)11(3)7-12/h4-8H,15H2,1-3H3. The molecular formula is C14H16N2. The van der Waals surface area contributed by atoms with Gasteiger partial charge in [-0.25, -0.2) is 0 Å². The van der Waals surface area contributed by atoms with Gasteiger partial charge in [0, 0.05) is 17.4 Å². The predicted octanol–water partition coefficient (Wildman–Crippen LogP) is 3.26. The topological polar surface area (TPSA) is 38.9 Å². The molecule has 1 heterocycles. The second-order valence-electron chi connectivity index (χ2n) is 4.24. The first-order valence-electron chi connectivity index (χ1n) is 5.37. The van der Waals surface area contributed by atoms with Crippen LogP contribution >= 0.6 is 0 Å². The number of hydrogen-bond donors (Lipinski definition) is 1. The number of hydrogen-bond acceptors (Lipinski definition) is 2. The summed E-state index contributed by atoms with van der Waals surface area (Å²) in [5.74, 6) is 0. The lowest BCUT2D eigenvalue weighted by atomic mass is 10.0. The van der Waals surface area contributed by atoms with Crippen LogP contribution in [-0.4, -0.2) is 4.98 Å². The predicted molar refractivity (Wildman–Crippen MR) is 68.3 cm³/mol. The van der Waals surface area contributed by atoms with Crippen LogP contribution in [0.3, 0.4) is 0 Å². The van der Waals surface area contributed by atoms with Crippen molar-refractivity contribution in [3.05, 3.63) is 47.2 Å². The molecule has 16 heavy (non-hydrogen) atoms. The summed E-state index contributed by atoms with van der Waals surface area (Å²) in [6.45, 7) is 6.09. The van der Waals surface area contributed by atoms with Gasteiger partial charge in [-0.2, -0.15) is 0 Å². The highest BCUT2D eigenvalue weighted by Crippen LogP contribution is 2.25. The van der Waals surface area contributed by atoms with Crippen molar-refractivity contribution in [3.8, 4) is 11.3 Å². The third-order valence-corrected chi connectivity index (χ3v) is 2.80. The maximum Gasteiger partial charge on any atom is 0.0702 e. The molecule has 1 aromatic carbocycles. The van der Waals surface area contributed by atoms with Gasteiger partial charge in [-0.05, 0) is 55.7 Å². The van der Waals surface area contributed by atoms with Crippen LogP contribution in [0.2, 0.25) is 0 Å². The molecule has 1 aromatic heterocycles. The number of nitrogens with zero attached hydrogens (tertiary/aromatic N) is 1. The van der Waals surface area contributed by atoms with E-state index in [1.807, 2.05) is 33.0 Å². The van der Waals surface area contributed by atoms with Crippen molar-refractivity contribution in [3.63, 3.8) is 0 Å². The minimum atomic E-state index is 0.871. The van der Waals surface area contributed by atoms with E-state index in [0.717, 1.165) is 28.1 Å². The van der Waals surface area contributed by atoms with Crippen LogP contribution in [0.15, 0.2) is 30.5 Å². The Kier molecular flexibility index (Phi) is 2.65. The molecule has 0 fully saturated rings. The van der Waals surface area contributed by atoms with E-state index in [1.54, 1.807) is 0 Å². The number of aromatic nitrogens is 1. The maximum atomic E-state index is 5.93. The second-order valence-corrected chi connectivity index (χ2v) is 4.24. The van der Waals surface area contributed by atoms with Gasteiger partial charge in [0.15, 0.2) is 0 Å². The van der Waals surface area contributed by atoms with E-state index in [9.17, 15) is 0 Å². The number of rotatable bonds is 1. The van der Waals surface area contributed by atoms with Crippen LogP contribution in [0.4, 0.5) is 5.69 Å². The van der Waals surface area contributed by atoms with Crippen molar-refractivity contribution in [2.24, 2.45) is 0 Å². The van der Waals surface area contributed by atoms with Gasteiger partial charge in [-0.15, -0.1) is 0 Å². The van der Waals surface area contributed by atoms with Crippen LogP contribution in [0.25, 0.3) is 11.3 Å². The van der Waals surface area contributed by atoms with Crippen molar-refractivity contribution < 1.29 is 0 Å². The molecule has 0 radical (unpaired) electrons. The largest absolute Gasteiger partial charge is 0.398 e. The lowest BCUT2D eigenvalue weighted by molar-refractivity contribution is 1.26. The molecule has 0 bridgehead atoms. The monoisotopic (exact) mass is 212 g/mol. The molecule has 0 unspecified atom stereocenters. The van der Waals surface area contributed by atoms with Gasteiger partial charge in [0.25, 0.3) is 0 Å². The molecule has 0 atom stereocenters. The Bertz CT molecular complexity index is 490. The molecule has 2 N–H and O–H groups in total. The molecule has 82 valence electrons. The number of nitrogen functional groups attached to an aromatic ring is 1. The first-order valence-corrected chi connectivity index (χ1v) is 5.37. The van der Waals surface area contributed by atoms with E-state index in [2.05, 4.69) is 23.2 Å². The summed E-state index contributed by atoms with van der Waals surface area (Å²) in [5.41, 5.74) is 12.3. The van der Waals surface area contributed by atoms with Gasteiger partial charge < -0.3 is 5.73 Å². The van der Waals surface area contributed by atoms with Crippen molar-refractivity contribution in [1.82, 2.24) is 4.98 Å². The molecule has 0 amide bonds. The first kappa shape index (κ1) is 10.7. The second kappa shape index (κ2) is 3.97. The number of anilines is 1. The zero-order chi connectivity index (χ0) is 11.7. The molecule has 0 aliphatic rings. The molecule has 2 aromatic rings. The van der Waals surface area contributed by atoms with E-state index >= 15 is 0 Å². The quantitative estimate of drug-likeness (QED) is 0.737. The summed E-state index contributed by atoms with van der Waals surface area (Å²) in [6, 6.07) is 8.28. The molecule has 2 rings (SSSR count). The molecule has 0 aliphatic carbocycles. The Labute approximate surface area is 96.1 Å². The lowest BCUT2D eigenvalue weighted by Gasteiger charge is -2.08. The number of pyridine rings is 1. The van der Waals surface area contributed by atoms with E-state index in [-0.39, 0.29) is 0 Å². The zero-order valence-electron chi connectivity index (χ0n) is 9.91. The summed E-state index contributed by atoms with van der Waals surface area (Å²) in [5, 5.41) is 0. The van der Waals surface area contributed by atoms with Crippen LogP contribution in [0.1, 0.15) is 16.7 Å². The fraction of sp³-hybridized carbons (Fsp3) is 0.214. The van der Waals surface area contributed by atoms with Crippen LogP contribution < -0.4 is 5.73 Å². The summed E-state index contributed by atoms with van der Waals surface area (Å²) >= 11 is 0. The summed E-state index contributed by atoms with van der Waals surface area (Å²) in [6.07, 6.45) is 1.89. The minimum Gasteiger partial charge on any atom is -0.398 e. The van der Waals surface area contributed by atoms with Crippen LogP contribution in [0.5, 0.6) is 0 Å². The van der Waals surface area contributed by atoms with Crippen molar-refractivity contribution in [1.29, 1.82) is 0 Å². The molecule has 0 spiro atoms. The summed E-state index contributed by atoms with van der Waals surface area (Å²) in [4.78, 5) is 4.42. The van der Waals surface area contributed by atoms with Crippen molar-refractivity contribution in [2.75, 3.05) is 5.73 Å². The molecule has 2 nitrogen and oxygen atoms in total. The third kappa shape index (κ3) is 1.91. The van der Waals surface area contributed by atoms with E-state index in [4.69, 9.17) is 5.73 Å². The molecular weight excluding hydrogens is 196 g/mol. The van der Waals surface area contributed by atoms with Gasteiger partial charge >= 0.3 is 0 Å². The summed E-state index contributed by atoms with van der Waals surface area (Å²) < 4.78 is 0. The van der Waals surface area contributed by atoms with Crippen molar-refractivity contribution >= 4 is 5.69 Å². The van der Waals surface area contributed by atoms with Gasteiger partial charge in [-0.1, -0.05) is 6.07 Å². The Morgan fingerprint density at radius 3 is 2.12 bits per heavy atom. The van der Waals surface area contributed by atoms with Gasteiger partial charge in [0.05, 0.1) is 5.69 Å². The highest BCUT2D eigenvalue weighted by atomic mass is 14.7. The first-order chi connectivity index (χ1) is 7.58. The summed E-state index contributed by atoms with van der Waals surface area (Å²) in [7, 11) is 0. The van der Waals surface area contributed by atoms with Gasteiger partial charge in [0.2, 0.25) is 0 Å². The highest BCUT2D eigenvalue weighted by Gasteiger charge is 2.04. The Balaban J connectivity index is 2.52. The molecule has 0 saturated carbocycles. The average Bonchev–Trinajstić information content (AvgIpc) is 2.26. The third-order valence-electron chi connectivity index (χ3n) is 2.80. The zero-order valence-corrected chi connectivity index (χ0v) is 9.91. The Morgan fingerprint density at radius 1 is 1.00 bits per heavy atom. The lowest BCUT2D eigenvalue weighted by Crippen LogP contribution is -1.95. The molecule has 2 heteroatoms. The van der Waals surface area contributed by atoms with Crippen LogP contribution in [-0.2, 0) is 0 Å². The number of benzene rings is 1. The normalized spacial score (nSPS) is 10.4. The fourth-order valence-corrected chi connectivity index (χ4v) is 1.76. The smallest absolute Gasteiger partial charge is 0.0702 e. The van der Waals surface area contributed by atoms with Gasteiger partial charge in [-0.3, -0.25) is 4.98 Å². The van der Waals surface area contributed by atoms with E-state index in [0.29, 0.717) is 0 Å². The van der Waals surface area contributed by atoms with Crippen LogP contribution in [0, 0.1) is 20.8 Å². The highest BCUT2D eigenvalue weighted by molar-refractivity contribution is 5.67. The SMILES string of the molecule is Cc1ccc(-c2cc(C)c(N)c(C)c2)nc1. The molecule has 0 saturated heterocycles. The van der Waals surface area contributed by atoms with Crippen molar-refractivity contribution in [2.45, 2.75) is 20.8 Å². The van der Waals surface area contributed by atoms with E-state index < -0.39 is 0 Å². The minimum absolute atomic E-state index is 0.871. The molecule has 0 aliphatic heterocycles. The van der Waals surface area contributed by atoms with E-state index in [1.165, 1.54) is 5.56 Å². The number of nitrogens with two attached hydrogens (primary N) is 1. The fourth-order valence-electron chi connectivity index (χ4n) is 1.76. The maximum absolute atomic E-state index is 5.93. The van der Waals surface area contributed by atoms with Gasteiger partial charge in [0.1, 0.15) is 0 Å².